The van der Waals surface area contributed by atoms with Gasteiger partial charge < -0.3 is 14.8 Å². The highest BCUT2D eigenvalue weighted by atomic mass is 32.2. The molecule has 0 spiro atoms. The van der Waals surface area contributed by atoms with Crippen LogP contribution in [0.2, 0.25) is 0 Å². The van der Waals surface area contributed by atoms with E-state index in [2.05, 4.69) is 10.0 Å². The SMILES string of the molecule is CCOc1ccc(OCC)c(NC(=O)c2cccc(S(=O)(=O)NCC3CC3)c2)c1. The quantitative estimate of drug-likeness (QED) is 0.617. The molecule has 3 rings (SSSR count). The topological polar surface area (TPSA) is 93.7 Å². The smallest absolute Gasteiger partial charge is 0.255 e. The van der Waals surface area contributed by atoms with Gasteiger partial charge in [0.2, 0.25) is 10.0 Å². The average molecular weight is 419 g/mol. The van der Waals surface area contributed by atoms with E-state index in [1.165, 1.54) is 12.1 Å². The first-order valence-corrected chi connectivity index (χ1v) is 11.2. The Morgan fingerprint density at radius 3 is 2.52 bits per heavy atom. The molecule has 1 aliphatic carbocycles. The number of rotatable bonds is 10. The molecule has 1 saturated carbocycles. The van der Waals surface area contributed by atoms with Gasteiger partial charge in [0.05, 0.1) is 23.8 Å². The summed E-state index contributed by atoms with van der Waals surface area (Å²) in [5.41, 5.74) is 0.700. The predicted octanol–water partition coefficient (Wildman–Crippen LogP) is 3.42. The second kappa shape index (κ2) is 9.28. The van der Waals surface area contributed by atoms with Crippen LogP contribution in [0.25, 0.3) is 0 Å². The van der Waals surface area contributed by atoms with Crippen molar-refractivity contribution in [3.05, 3.63) is 48.0 Å². The van der Waals surface area contributed by atoms with Crippen molar-refractivity contribution in [1.29, 1.82) is 0 Å². The molecule has 0 heterocycles. The summed E-state index contributed by atoms with van der Waals surface area (Å²) in [6.45, 7) is 5.09. The third-order valence-electron chi connectivity index (χ3n) is 4.48. The molecule has 156 valence electrons. The van der Waals surface area contributed by atoms with Crippen molar-refractivity contribution in [1.82, 2.24) is 4.72 Å². The fourth-order valence-corrected chi connectivity index (χ4v) is 3.94. The van der Waals surface area contributed by atoms with Crippen LogP contribution in [-0.2, 0) is 10.0 Å². The van der Waals surface area contributed by atoms with E-state index in [0.29, 0.717) is 42.9 Å². The van der Waals surface area contributed by atoms with Gasteiger partial charge in [-0.3, -0.25) is 4.79 Å². The highest BCUT2D eigenvalue weighted by Crippen LogP contribution is 2.30. The summed E-state index contributed by atoms with van der Waals surface area (Å²) >= 11 is 0. The van der Waals surface area contributed by atoms with Crippen LogP contribution in [0.5, 0.6) is 11.5 Å². The lowest BCUT2D eigenvalue weighted by atomic mass is 10.2. The highest BCUT2D eigenvalue weighted by Gasteiger charge is 2.24. The number of hydrogen-bond acceptors (Lipinski definition) is 5. The maximum absolute atomic E-state index is 12.8. The second-order valence-electron chi connectivity index (χ2n) is 6.80. The van der Waals surface area contributed by atoms with Gasteiger partial charge in [-0.05, 0) is 62.9 Å². The molecule has 1 aliphatic rings. The largest absolute Gasteiger partial charge is 0.494 e. The third-order valence-corrected chi connectivity index (χ3v) is 5.90. The van der Waals surface area contributed by atoms with Crippen molar-refractivity contribution < 1.29 is 22.7 Å². The third kappa shape index (κ3) is 5.71. The minimum Gasteiger partial charge on any atom is -0.494 e. The number of anilines is 1. The lowest BCUT2D eigenvalue weighted by Gasteiger charge is -2.14. The van der Waals surface area contributed by atoms with Crippen LogP contribution in [0, 0.1) is 5.92 Å². The molecule has 1 amide bonds. The Labute approximate surface area is 171 Å². The molecular weight excluding hydrogens is 392 g/mol. The number of benzene rings is 2. The zero-order valence-electron chi connectivity index (χ0n) is 16.6. The number of nitrogens with one attached hydrogen (secondary N) is 2. The summed E-state index contributed by atoms with van der Waals surface area (Å²) in [5.74, 6) is 1.11. The van der Waals surface area contributed by atoms with Crippen molar-refractivity contribution in [2.45, 2.75) is 31.6 Å². The molecule has 7 nitrogen and oxygen atoms in total. The first-order valence-electron chi connectivity index (χ1n) is 9.73. The number of amides is 1. The van der Waals surface area contributed by atoms with E-state index in [-0.39, 0.29) is 10.5 Å². The summed E-state index contributed by atoms with van der Waals surface area (Å²) in [4.78, 5) is 12.8. The van der Waals surface area contributed by atoms with Gasteiger partial charge in [-0.1, -0.05) is 6.07 Å². The molecule has 0 aliphatic heterocycles. The predicted molar refractivity (Wildman–Crippen MR) is 111 cm³/mol. The van der Waals surface area contributed by atoms with Crippen LogP contribution in [-0.4, -0.2) is 34.1 Å². The van der Waals surface area contributed by atoms with Gasteiger partial charge >= 0.3 is 0 Å². The Bertz CT molecular complexity index is 971. The number of ether oxygens (including phenoxy) is 2. The van der Waals surface area contributed by atoms with Crippen molar-refractivity contribution in [2.75, 3.05) is 25.1 Å². The van der Waals surface area contributed by atoms with Crippen LogP contribution in [0.4, 0.5) is 5.69 Å². The summed E-state index contributed by atoms with van der Waals surface area (Å²) in [6, 6.07) is 11.2. The molecule has 2 N–H and O–H groups in total. The molecule has 0 unspecified atom stereocenters. The van der Waals surface area contributed by atoms with E-state index in [4.69, 9.17) is 9.47 Å². The molecule has 0 atom stereocenters. The number of hydrogen-bond donors (Lipinski definition) is 2. The first-order chi connectivity index (χ1) is 13.9. The van der Waals surface area contributed by atoms with Crippen LogP contribution in [0.1, 0.15) is 37.0 Å². The molecule has 0 saturated heterocycles. The zero-order chi connectivity index (χ0) is 20.9. The number of carbonyl (C=O) groups excluding carboxylic acids is 1. The molecule has 2 aromatic rings. The van der Waals surface area contributed by atoms with Gasteiger partial charge in [-0.25, -0.2) is 13.1 Å². The number of sulfonamides is 1. The zero-order valence-corrected chi connectivity index (χ0v) is 17.4. The van der Waals surface area contributed by atoms with Crippen molar-refractivity contribution in [3.63, 3.8) is 0 Å². The normalized spacial score (nSPS) is 13.7. The van der Waals surface area contributed by atoms with Crippen LogP contribution < -0.4 is 19.5 Å². The lowest BCUT2D eigenvalue weighted by molar-refractivity contribution is 0.102. The number of carbonyl (C=O) groups is 1. The monoisotopic (exact) mass is 418 g/mol. The molecule has 0 radical (unpaired) electrons. The Kier molecular flexibility index (Phi) is 6.76. The molecule has 0 bridgehead atoms. The van der Waals surface area contributed by atoms with Gasteiger partial charge in [0.15, 0.2) is 0 Å². The molecule has 2 aromatic carbocycles. The van der Waals surface area contributed by atoms with Crippen LogP contribution in [0.15, 0.2) is 47.4 Å². The molecule has 29 heavy (non-hydrogen) atoms. The van der Waals surface area contributed by atoms with E-state index in [1.54, 1.807) is 30.3 Å². The summed E-state index contributed by atoms with van der Waals surface area (Å²) in [6.07, 6.45) is 2.10. The fraction of sp³-hybridized carbons (Fsp3) is 0.381. The Morgan fingerprint density at radius 2 is 1.83 bits per heavy atom. The minimum absolute atomic E-state index is 0.0684. The van der Waals surface area contributed by atoms with Gasteiger partial charge in [-0.2, -0.15) is 0 Å². The van der Waals surface area contributed by atoms with Crippen LogP contribution in [0.3, 0.4) is 0 Å². The first kappa shape index (κ1) is 21.1. The lowest BCUT2D eigenvalue weighted by Crippen LogP contribution is -2.26. The summed E-state index contributed by atoms with van der Waals surface area (Å²) in [7, 11) is -3.65. The standard InChI is InChI=1S/C21H26N2O5S/c1-3-27-17-10-11-20(28-4-2)19(13-17)23-21(24)16-6-5-7-18(12-16)29(25,26)22-14-15-8-9-15/h5-7,10-13,15,22H,3-4,8-9,14H2,1-2H3,(H,23,24). The summed E-state index contributed by atoms with van der Waals surface area (Å²) in [5, 5.41) is 2.79. The Morgan fingerprint density at radius 1 is 1.07 bits per heavy atom. The fourth-order valence-electron chi connectivity index (χ4n) is 2.78. The van der Waals surface area contributed by atoms with Crippen LogP contribution >= 0.6 is 0 Å². The van der Waals surface area contributed by atoms with Gasteiger partial charge in [-0.15, -0.1) is 0 Å². The highest BCUT2D eigenvalue weighted by molar-refractivity contribution is 7.89. The van der Waals surface area contributed by atoms with Gasteiger partial charge in [0.1, 0.15) is 11.5 Å². The molecule has 8 heteroatoms. The minimum atomic E-state index is -3.65. The van der Waals surface area contributed by atoms with Crippen molar-refractivity contribution in [2.24, 2.45) is 5.92 Å². The maximum Gasteiger partial charge on any atom is 0.255 e. The van der Waals surface area contributed by atoms with Gasteiger partial charge in [0, 0.05) is 18.2 Å². The maximum atomic E-state index is 12.8. The molecule has 0 aromatic heterocycles. The van der Waals surface area contributed by atoms with E-state index < -0.39 is 15.9 Å². The second-order valence-corrected chi connectivity index (χ2v) is 8.57. The van der Waals surface area contributed by atoms with Crippen molar-refractivity contribution in [3.8, 4) is 11.5 Å². The Hall–Kier alpha value is -2.58. The van der Waals surface area contributed by atoms with Crippen molar-refractivity contribution >= 4 is 21.6 Å². The van der Waals surface area contributed by atoms with Gasteiger partial charge in [0.25, 0.3) is 5.91 Å². The van der Waals surface area contributed by atoms with E-state index >= 15 is 0 Å². The molecular formula is C21H26N2O5S. The van der Waals surface area contributed by atoms with E-state index in [1.807, 2.05) is 13.8 Å². The molecule has 1 fully saturated rings. The van der Waals surface area contributed by atoms with E-state index in [9.17, 15) is 13.2 Å². The van der Waals surface area contributed by atoms with E-state index in [0.717, 1.165) is 12.8 Å². The average Bonchev–Trinajstić information content (AvgIpc) is 3.53. The Balaban J connectivity index is 1.79. The summed E-state index contributed by atoms with van der Waals surface area (Å²) < 4.78 is 38.6.